The van der Waals surface area contributed by atoms with E-state index in [9.17, 15) is 9.59 Å². The molecule has 0 unspecified atom stereocenters. The van der Waals surface area contributed by atoms with Gasteiger partial charge in [0.05, 0.1) is 36.3 Å². The second kappa shape index (κ2) is 17.5. The van der Waals surface area contributed by atoms with Gasteiger partial charge >= 0.3 is 6.09 Å². The molecule has 0 radical (unpaired) electrons. The van der Waals surface area contributed by atoms with Crippen molar-refractivity contribution in [1.29, 1.82) is 0 Å². The highest BCUT2D eigenvalue weighted by Gasteiger charge is 2.50. The number of likely N-dealkylation sites (tertiary alicyclic amines) is 1. The number of amides is 1. The van der Waals surface area contributed by atoms with Crippen LogP contribution in [0.1, 0.15) is 72.2 Å². The van der Waals surface area contributed by atoms with Crippen molar-refractivity contribution in [3.63, 3.8) is 0 Å². The Bertz CT molecular complexity index is 2090. The predicted octanol–water partition coefficient (Wildman–Crippen LogP) is 10.0. The van der Waals surface area contributed by atoms with Crippen molar-refractivity contribution in [1.82, 2.24) is 14.5 Å². The largest absolute Gasteiger partial charge is 0.445 e. The SMILES string of the molecule is CC(C)(C)[Si](C)(C)O[C@H]1CCCN(C(=O)OCc2ccccc2)[C@@H]1CC(=O)Cn1c(CO[Si](c2ccccc2)(c2ccccc2)C(C)(C)C)nc2cc(Br)ccc21. The molecule has 5 aromatic rings. The number of carbonyl (C=O) groups is 2. The molecule has 1 amide bonds. The van der Waals surface area contributed by atoms with Crippen LogP contribution in [0, 0.1) is 0 Å². The number of Topliss-reactive ketones (excluding diaryl/α,β-unsaturated/α-hetero) is 1. The topological polar surface area (TPSA) is 82.9 Å². The molecule has 0 spiro atoms. The third-order valence-corrected chi connectivity index (χ3v) is 21.8. The van der Waals surface area contributed by atoms with Crippen molar-refractivity contribution in [2.45, 2.75) is 116 Å². The Morgan fingerprint density at radius 2 is 1.40 bits per heavy atom. The average Bonchev–Trinajstić information content (AvgIpc) is 3.50. The van der Waals surface area contributed by atoms with Crippen LogP contribution in [-0.2, 0) is 38.1 Å². The zero-order valence-corrected chi connectivity index (χ0v) is 38.3. The maximum Gasteiger partial charge on any atom is 0.410 e. The smallest absolute Gasteiger partial charge is 0.410 e. The first-order valence-corrected chi connectivity index (χ1v) is 25.7. The minimum atomic E-state index is -2.91. The minimum absolute atomic E-state index is 0.0134. The Morgan fingerprint density at radius 3 is 1.98 bits per heavy atom. The molecule has 1 fully saturated rings. The first-order chi connectivity index (χ1) is 27.0. The summed E-state index contributed by atoms with van der Waals surface area (Å²) in [5.41, 5.74) is 2.54. The van der Waals surface area contributed by atoms with Crippen molar-refractivity contribution in [2.75, 3.05) is 6.54 Å². The number of rotatable bonds is 13. The molecule has 2 heterocycles. The number of ether oxygens (including phenoxy) is 1. The summed E-state index contributed by atoms with van der Waals surface area (Å²) in [6, 6.07) is 36.3. The zero-order chi connectivity index (χ0) is 41.0. The van der Waals surface area contributed by atoms with Crippen LogP contribution in [0.4, 0.5) is 4.79 Å². The summed E-state index contributed by atoms with van der Waals surface area (Å²) in [4.78, 5) is 35.3. The molecule has 0 bridgehead atoms. The molecule has 11 heteroatoms. The minimum Gasteiger partial charge on any atom is -0.445 e. The maximum absolute atomic E-state index is 14.6. The van der Waals surface area contributed by atoms with Gasteiger partial charge in [-0.05, 0) is 70.1 Å². The number of fused-ring (bicyclic) bond motifs is 1. The van der Waals surface area contributed by atoms with Crippen molar-refractivity contribution in [2.24, 2.45) is 0 Å². The quantitative estimate of drug-likeness (QED) is 0.110. The number of carbonyl (C=O) groups excluding carboxylic acids is 2. The van der Waals surface area contributed by atoms with Gasteiger partial charge in [-0.3, -0.25) is 4.79 Å². The van der Waals surface area contributed by atoms with Gasteiger partial charge in [0.25, 0.3) is 8.32 Å². The molecule has 8 nitrogen and oxygen atoms in total. The lowest BCUT2D eigenvalue weighted by molar-refractivity contribution is -0.122. The number of halogens is 1. The summed E-state index contributed by atoms with van der Waals surface area (Å²) in [5.74, 6) is 0.668. The van der Waals surface area contributed by atoms with Crippen molar-refractivity contribution in [3.05, 3.63) is 125 Å². The van der Waals surface area contributed by atoms with Crippen LogP contribution in [0.15, 0.2) is 114 Å². The van der Waals surface area contributed by atoms with Crippen LogP contribution >= 0.6 is 15.9 Å². The van der Waals surface area contributed by atoms with Gasteiger partial charge in [0.2, 0.25) is 0 Å². The molecule has 302 valence electrons. The number of benzene rings is 4. The third-order valence-electron chi connectivity index (χ3n) is 11.8. The van der Waals surface area contributed by atoms with Gasteiger partial charge in [-0.1, -0.05) is 148 Å². The summed E-state index contributed by atoms with van der Waals surface area (Å²) < 4.78 is 23.2. The number of aromatic nitrogens is 2. The normalized spacial score (nSPS) is 16.8. The molecular formula is C46H58BrN3O5Si2. The van der Waals surface area contributed by atoms with E-state index in [2.05, 4.69) is 119 Å². The molecule has 1 aromatic heterocycles. The molecule has 0 saturated carbocycles. The lowest BCUT2D eigenvalue weighted by Gasteiger charge is -2.46. The monoisotopic (exact) mass is 867 g/mol. The average molecular weight is 869 g/mol. The highest BCUT2D eigenvalue weighted by Crippen LogP contribution is 2.40. The van der Waals surface area contributed by atoms with E-state index >= 15 is 0 Å². The first-order valence-electron chi connectivity index (χ1n) is 20.1. The number of imidazole rings is 1. The van der Waals surface area contributed by atoms with Crippen LogP contribution in [0.2, 0.25) is 23.2 Å². The number of piperidine rings is 1. The van der Waals surface area contributed by atoms with Gasteiger partial charge in [-0.25, -0.2) is 9.78 Å². The van der Waals surface area contributed by atoms with Crippen molar-refractivity contribution < 1.29 is 23.2 Å². The maximum atomic E-state index is 14.6. The van der Waals surface area contributed by atoms with E-state index in [0.29, 0.717) is 12.4 Å². The fraction of sp³-hybridized carbons (Fsp3) is 0.413. The molecule has 57 heavy (non-hydrogen) atoms. The van der Waals surface area contributed by atoms with Crippen LogP contribution in [0.3, 0.4) is 0 Å². The van der Waals surface area contributed by atoms with E-state index in [4.69, 9.17) is 18.6 Å². The van der Waals surface area contributed by atoms with E-state index < -0.39 is 28.8 Å². The third kappa shape index (κ3) is 9.55. The van der Waals surface area contributed by atoms with E-state index in [1.54, 1.807) is 4.90 Å². The molecule has 6 rings (SSSR count). The number of hydrogen-bond donors (Lipinski definition) is 0. The Morgan fingerprint density at radius 1 is 0.807 bits per heavy atom. The van der Waals surface area contributed by atoms with E-state index in [-0.39, 0.29) is 48.1 Å². The Hall–Kier alpha value is -3.88. The second-order valence-electron chi connectivity index (χ2n) is 17.8. The zero-order valence-electron chi connectivity index (χ0n) is 34.8. The predicted molar refractivity (Wildman–Crippen MR) is 238 cm³/mol. The summed E-state index contributed by atoms with van der Waals surface area (Å²) in [6.45, 7) is 18.8. The Balaban J connectivity index is 1.33. The van der Waals surface area contributed by atoms with Crippen LogP contribution < -0.4 is 10.4 Å². The van der Waals surface area contributed by atoms with Crippen molar-refractivity contribution >= 4 is 65.8 Å². The molecular weight excluding hydrogens is 811 g/mol. The lowest BCUT2D eigenvalue weighted by Crippen LogP contribution is -2.66. The molecule has 0 N–H and O–H groups in total. The standard InChI is InChI=1S/C46H58BrN3O5Si2/c1-45(2,3)56(7,8)55-42-25-18-28-49(44(52)53-32-34-19-12-9-13-20-34)41(42)30-36(51)31-50-40-27-26-35(47)29-39(40)48-43(50)33-54-57(46(4,5)6,37-21-14-10-15-22-37)38-23-16-11-17-24-38/h9-17,19-24,26-27,29,41-42H,18,25,28,30-33H2,1-8H3/t41-,42+/m1/s1. The highest BCUT2D eigenvalue weighted by molar-refractivity contribution is 9.10. The highest BCUT2D eigenvalue weighted by atomic mass is 79.9. The summed E-state index contributed by atoms with van der Waals surface area (Å²) in [6.07, 6.45) is 0.964. The van der Waals surface area contributed by atoms with Gasteiger partial charge in [-0.15, -0.1) is 0 Å². The molecule has 1 aliphatic heterocycles. The van der Waals surface area contributed by atoms with Gasteiger partial charge in [0.15, 0.2) is 14.1 Å². The summed E-state index contributed by atoms with van der Waals surface area (Å²) in [5, 5.41) is 2.08. The number of ketones is 1. The number of nitrogens with zero attached hydrogens (tertiary/aromatic N) is 3. The first kappa shape index (κ1) is 42.7. The van der Waals surface area contributed by atoms with Gasteiger partial charge in [0, 0.05) is 17.4 Å². The van der Waals surface area contributed by atoms with Crippen LogP contribution in [-0.4, -0.2) is 61.7 Å². The molecule has 1 saturated heterocycles. The molecule has 0 aliphatic carbocycles. The van der Waals surface area contributed by atoms with E-state index in [1.165, 1.54) is 10.4 Å². The fourth-order valence-corrected chi connectivity index (χ4v) is 14.1. The van der Waals surface area contributed by atoms with E-state index in [0.717, 1.165) is 33.9 Å². The number of hydrogen-bond acceptors (Lipinski definition) is 6. The van der Waals surface area contributed by atoms with Gasteiger partial charge in [-0.2, -0.15) is 0 Å². The molecule has 4 aromatic carbocycles. The van der Waals surface area contributed by atoms with Crippen LogP contribution in [0.5, 0.6) is 0 Å². The van der Waals surface area contributed by atoms with Crippen LogP contribution in [0.25, 0.3) is 11.0 Å². The second-order valence-corrected chi connectivity index (χ2v) is 27.8. The van der Waals surface area contributed by atoms with Gasteiger partial charge in [0.1, 0.15) is 12.4 Å². The molecule has 2 atom stereocenters. The Kier molecular flexibility index (Phi) is 13.1. The Labute approximate surface area is 349 Å². The summed E-state index contributed by atoms with van der Waals surface area (Å²) >= 11 is 3.63. The summed E-state index contributed by atoms with van der Waals surface area (Å²) in [7, 11) is -5.17. The lowest BCUT2D eigenvalue weighted by atomic mass is 9.95. The molecule has 1 aliphatic rings. The van der Waals surface area contributed by atoms with Gasteiger partial charge < -0.3 is 23.1 Å². The van der Waals surface area contributed by atoms with Crippen molar-refractivity contribution in [3.8, 4) is 0 Å². The van der Waals surface area contributed by atoms with E-state index in [1.807, 2.05) is 65.2 Å². The fourth-order valence-electron chi connectivity index (χ4n) is 7.83.